The summed E-state index contributed by atoms with van der Waals surface area (Å²) in [4.78, 5) is 21.2. The molecule has 0 radical (unpaired) electrons. The molecule has 0 aliphatic carbocycles. The number of benzene rings is 2. The lowest BCUT2D eigenvalue weighted by atomic mass is 10.3. The second kappa shape index (κ2) is 7.85. The fraction of sp³-hybridized carbons (Fsp3) is 0.150. The van der Waals surface area contributed by atoms with Crippen LogP contribution in [0.5, 0.6) is 11.5 Å². The lowest BCUT2D eigenvalue weighted by Gasteiger charge is -2.04. The van der Waals surface area contributed by atoms with Crippen LogP contribution in [0.2, 0.25) is 0 Å². The predicted molar refractivity (Wildman–Crippen MR) is 110 cm³/mol. The Morgan fingerprint density at radius 3 is 2.74 bits per heavy atom. The minimum Gasteiger partial charge on any atom is -0.457 e. The number of rotatable bonds is 6. The van der Waals surface area contributed by atoms with E-state index in [4.69, 9.17) is 4.74 Å². The molecule has 2 aromatic carbocycles. The van der Waals surface area contributed by atoms with Crippen molar-refractivity contribution < 1.29 is 9.53 Å². The number of carbonyl (C=O) groups excluding carboxylic acids is 1. The van der Waals surface area contributed by atoms with Gasteiger partial charge < -0.3 is 10.1 Å². The standard InChI is InChI=1S/C20H17N3O2S2/c1-2-19-21-13(12-26-19)10-18(24)23-20-22-16-9-8-15(11-17(16)27-20)25-14-6-4-3-5-7-14/h3-9,11-12H,2,10H2,1H3,(H,22,23,24). The number of fused-ring (bicyclic) bond motifs is 1. The lowest BCUT2D eigenvalue weighted by molar-refractivity contribution is -0.115. The number of aryl methyl sites for hydroxylation is 1. The first-order valence-electron chi connectivity index (χ1n) is 8.56. The van der Waals surface area contributed by atoms with E-state index in [1.165, 1.54) is 11.3 Å². The molecule has 2 heterocycles. The molecule has 136 valence electrons. The largest absolute Gasteiger partial charge is 0.457 e. The maximum Gasteiger partial charge on any atom is 0.232 e. The number of hydrogen-bond donors (Lipinski definition) is 1. The van der Waals surface area contributed by atoms with Gasteiger partial charge in [-0.2, -0.15) is 0 Å². The van der Waals surface area contributed by atoms with Crippen LogP contribution in [0.3, 0.4) is 0 Å². The van der Waals surface area contributed by atoms with E-state index in [2.05, 4.69) is 22.2 Å². The van der Waals surface area contributed by atoms with E-state index in [0.29, 0.717) is 5.13 Å². The van der Waals surface area contributed by atoms with Crippen molar-refractivity contribution in [3.05, 3.63) is 64.6 Å². The van der Waals surface area contributed by atoms with E-state index in [-0.39, 0.29) is 12.3 Å². The molecule has 1 N–H and O–H groups in total. The van der Waals surface area contributed by atoms with Crippen LogP contribution < -0.4 is 10.1 Å². The van der Waals surface area contributed by atoms with Gasteiger partial charge in [0.25, 0.3) is 0 Å². The minimum absolute atomic E-state index is 0.109. The molecule has 0 fully saturated rings. The van der Waals surface area contributed by atoms with Crippen LogP contribution in [0.25, 0.3) is 10.2 Å². The Hall–Kier alpha value is -2.77. The average molecular weight is 396 g/mol. The molecule has 0 unspecified atom stereocenters. The Morgan fingerprint density at radius 2 is 1.96 bits per heavy atom. The number of carbonyl (C=O) groups is 1. The topological polar surface area (TPSA) is 64.1 Å². The Kier molecular flexibility index (Phi) is 5.13. The van der Waals surface area contributed by atoms with Gasteiger partial charge in [-0.3, -0.25) is 4.79 Å². The van der Waals surface area contributed by atoms with E-state index in [0.717, 1.165) is 38.8 Å². The van der Waals surface area contributed by atoms with Crippen LogP contribution in [0.15, 0.2) is 53.9 Å². The monoisotopic (exact) mass is 395 g/mol. The summed E-state index contributed by atoms with van der Waals surface area (Å²) in [5.41, 5.74) is 1.63. The summed E-state index contributed by atoms with van der Waals surface area (Å²) in [6.45, 7) is 2.06. The van der Waals surface area contributed by atoms with Crippen LogP contribution >= 0.6 is 22.7 Å². The second-order valence-corrected chi connectivity index (χ2v) is 7.85. The van der Waals surface area contributed by atoms with Gasteiger partial charge in [0.2, 0.25) is 5.91 Å². The number of ether oxygens (including phenoxy) is 1. The summed E-state index contributed by atoms with van der Waals surface area (Å²) in [6, 6.07) is 15.3. The summed E-state index contributed by atoms with van der Waals surface area (Å²) < 4.78 is 6.81. The molecular formula is C20H17N3O2S2. The van der Waals surface area contributed by atoms with Gasteiger partial charge in [-0.05, 0) is 30.7 Å². The lowest BCUT2D eigenvalue weighted by Crippen LogP contribution is -2.14. The van der Waals surface area contributed by atoms with Gasteiger partial charge in [-0.25, -0.2) is 9.97 Å². The highest BCUT2D eigenvalue weighted by molar-refractivity contribution is 7.22. The second-order valence-electron chi connectivity index (χ2n) is 5.87. The molecule has 4 rings (SSSR count). The van der Waals surface area contributed by atoms with E-state index >= 15 is 0 Å². The third kappa shape index (κ3) is 4.32. The van der Waals surface area contributed by atoms with Gasteiger partial charge in [-0.1, -0.05) is 36.5 Å². The smallest absolute Gasteiger partial charge is 0.232 e. The van der Waals surface area contributed by atoms with Crippen molar-refractivity contribution in [1.29, 1.82) is 0 Å². The van der Waals surface area contributed by atoms with Crippen LogP contribution in [0.4, 0.5) is 5.13 Å². The quantitative estimate of drug-likeness (QED) is 0.482. The third-order valence-electron chi connectivity index (χ3n) is 3.83. The Bertz CT molecular complexity index is 1070. The molecular weight excluding hydrogens is 378 g/mol. The minimum atomic E-state index is -0.109. The van der Waals surface area contributed by atoms with Gasteiger partial charge in [-0.15, -0.1) is 11.3 Å². The van der Waals surface area contributed by atoms with Crippen LogP contribution in [-0.4, -0.2) is 15.9 Å². The zero-order valence-electron chi connectivity index (χ0n) is 14.6. The van der Waals surface area contributed by atoms with Crippen molar-refractivity contribution >= 4 is 43.9 Å². The van der Waals surface area contributed by atoms with Crippen molar-refractivity contribution in [3.8, 4) is 11.5 Å². The maximum absolute atomic E-state index is 12.3. The SMILES string of the molecule is CCc1nc(CC(=O)Nc2nc3ccc(Oc4ccccc4)cc3s2)cs1. The number of anilines is 1. The van der Waals surface area contributed by atoms with Crippen molar-refractivity contribution in [2.45, 2.75) is 19.8 Å². The molecule has 2 aromatic heterocycles. The number of amides is 1. The van der Waals surface area contributed by atoms with Gasteiger partial charge in [0.15, 0.2) is 5.13 Å². The highest BCUT2D eigenvalue weighted by Gasteiger charge is 2.11. The molecule has 1 amide bonds. The molecule has 0 atom stereocenters. The summed E-state index contributed by atoms with van der Waals surface area (Å²) in [5.74, 6) is 1.41. The highest BCUT2D eigenvalue weighted by atomic mass is 32.1. The van der Waals surface area contributed by atoms with Crippen molar-refractivity contribution in [3.63, 3.8) is 0 Å². The van der Waals surface area contributed by atoms with E-state index in [1.807, 2.05) is 53.9 Å². The molecule has 0 spiro atoms. The molecule has 0 aliphatic heterocycles. The molecule has 7 heteroatoms. The van der Waals surface area contributed by atoms with Crippen LogP contribution in [0, 0.1) is 0 Å². The molecule has 0 bridgehead atoms. The molecule has 0 saturated carbocycles. The summed E-state index contributed by atoms with van der Waals surface area (Å²) in [7, 11) is 0. The fourth-order valence-electron chi connectivity index (χ4n) is 2.57. The first-order valence-corrected chi connectivity index (χ1v) is 10.3. The van der Waals surface area contributed by atoms with E-state index in [1.54, 1.807) is 11.3 Å². The zero-order chi connectivity index (χ0) is 18.6. The molecule has 4 aromatic rings. The molecule has 0 aliphatic rings. The van der Waals surface area contributed by atoms with Gasteiger partial charge >= 0.3 is 0 Å². The molecule has 5 nitrogen and oxygen atoms in total. The maximum atomic E-state index is 12.3. The van der Waals surface area contributed by atoms with Gasteiger partial charge in [0.1, 0.15) is 11.5 Å². The van der Waals surface area contributed by atoms with E-state index < -0.39 is 0 Å². The molecule has 0 saturated heterocycles. The number of aromatic nitrogens is 2. The average Bonchev–Trinajstić information content (AvgIpc) is 3.28. The molecule has 27 heavy (non-hydrogen) atoms. The van der Waals surface area contributed by atoms with Crippen molar-refractivity contribution in [2.75, 3.05) is 5.32 Å². The third-order valence-corrected chi connectivity index (χ3v) is 5.80. The Balaban J connectivity index is 1.45. The predicted octanol–water partition coefficient (Wildman–Crippen LogP) is 5.29. The van der Waals surface area contributed by atoms with Gasteiger partial charge in [0.05, 0.1) is 27.3 Å². The van der Waals surface area contributed by atoms with Gasteiger partial charge in [0, 0.05) is 11.4 Å². The van der Waals surface area contributed by atoms with Crippen molar-refractivity contribution in [1.82, 2.24) is 9.97 Å². The number of thiazole rings is 2. The van der Waals surface area contributed by atoms with Crippen molar-refractivity contribution in [2.24, 2.45) is 0 Å². The number of nitrogens with one attached hydrogen (secondary N) is 1. The fourth-order valence-corrected chi connectivity index (χ4v) is 4.22. The first-order chi connectivity index (χ1) is 13.2. The van der Waals surface area contributed by atoms with Crippen LogP contribution in [0.1, 0.15) is 17.6 Å². The summed E-state index contributed by atoms with van der Waals surface area (Å²) in [6.07, 6.45) is 1.15. The first kappa shape index (κ1) is 17.6. The summed E-state index contributed by atoms with van der Waals surface area (Å²) in [5, 5.41) is 6.43. The Labute approximate surface area is 164 Å². The number of nitrogens with zero attached hydrogens (tertiary/aromatic N) is 2. The normalized spacial score (nSPS) is 10.9. The number of para-hydroxylation sites is 1. The van der Waals surface area contributed by atoms with E-state index in [9.17, 15) is 4.79 Å². The Morgan fingerprint density at radius 1 is 1.11 bits per heavy atom. The summed E-state index contributed by atoms with van der Waals surface area (Å²) >= 11 is 3.02. The number of hydrogen-bond acceptors (Lipinski definition) is 6. The van der Waals surface area contributed by atoms with Crippen LogP contribution in [-0.2, 0) is 17.6 Å². The zero-order valence-corrected chi connectivity index (χ0v) is 16.3. The highest BCUT2D eigenvalue weighted by Crippen LogP contribution is 2.31.